The minimum absolute atomic E-state index is 0.201. The van der Waals surface area contributed by atoms with Gasteiger partial charge in [0.2, 0.25) is 0 Å². The molecule has 76 valence electrons. The third-order valence-electron chi connectivity index (χ3n) is 1.60. The molecule has 0 aliphatic carbocycles. The molecule has 1 aromatic carbocycles. The lowest BCUT2D eigenvalue weighted by molar-refractivity contribution is -0.387. The molecule has 0 unspecified atom stereocenters. The van der Waals surface area contributed by atoms with E-state index in [1.165, 1.54) is 17.8 Å². The molecule has 0 spiro atoms. The minimum atomic E-state index is -0.337. The predicted molar refractivity (Wildman–Crippen MR) is 62.2 cm³/mol. The zero-order valence-corrected chi connectivity index (χ0v) is 9.88. The molecule has 3 nitrogen and oxygen atoms in total. The van der Waals surface area contributed by atoms with Crippen LogP contribution in [-0.4, -0.2) is 16.0 Å². The molecule has 14 heavy (non-hydrogen) atoms. The number of nitro benzene ring substituents is 1. The summed E-state index contributed by atoms with van der Waals surface area (Å²) in [5.74, 6) is 0.899. The van der Waals surface area contributed by atoms with Crippen LogP contribution in [0, 0.1) is 10.1 Å². The van der Waals surface area contributed by atoms with Crippen molar-refractivity contribution in [3.8, 4) is 0 Å². The van der Waals surface area contributed by atoms with Crippen molar-refractivity contribution < 1.29 is 4.92 Å². The fraction of sp³-hybridized carbons (Fsp3) is 0.333. The molecule has 0 atom stereocenters. The molecule has 0 aromatic heterocycles. The summed E-state index contributed by atoms with van der Waals surface area (Å²) in [6.45, 7) is 0. The molecule has 0 N–H and O–H groups in total. The van der Waals surface area contributed by atoms with E-state index in [1.54, 1.807) is 12.1 Å². The van der Waals surface area contributed by atoms with Crippen LogP contribution in [0.15, 0.2) is 29.2 Å². The third-order valence-corrected chi connectivity index (χ3v) is 3.31. The highest BCUT2D eigenvalue weighted by molar-refractivity contribution is 9.09. The Labute approximate surface area is 95.2 Å². The first-order valence-corrected chi connectivity index (χ1v) is 6.28. The van der Waals surface area contributed by atoms with Gasteiger partial charge >= 0.3 is 0 Å². The monoisotopic (exact) mass is 275 g/mol. The molecular weight excluding hydrogens is 266 g/mol. The number of nitro groups is 1. The first-order valence-electron chi connectivity index (χ1n) is 4.18. The highest BCUT2D eigenvalue weighted by Crippen LogP contribution is 2.28. The van der Waals surface area contributed by atoms with E-state index in [-0.39, 0.29) is 10.6 Å². The maximum Gasteiger partial charge on any atom is 0.282 e. The number of rotatable bonds is 5. The maximum atomic E-state index is 10.6. The summed E-state index contributed by atoms with van der Waals surface area (Å²) in [5, 5.41) is 11.6. The quantitative estimate of drug-likeness (QED) is 0.272. The van der Waals surface area contributed by atoms with Crippen molar-refractivity contribution in [3.63, 3.8) is 0 Å². The zero-order valence-electron chi connectivity index (χ0n) is 7.48. The van der Waals surface area contributed by atoms with E-state index in [2.05, 4.69) is 15.9 Å². The van der Waals surface area contributed by atoms with Crippen LogP contribution in [0.4, 0.5) is 5.69 Å². The number of nitrogens with zero attached hydrogens (tertiary/aromatic N) is 1. The Hall–Kier alpha value is -0.550. The Balaban J connectivity index is 2.69. The van der Waals surface area contributed by atoms with Gasteiger partial charge in [-0.3, -0.25) is 10.1 Å². The van der Waals surface area contributed by atoms with Crippen molar-refractivity contribution in [2.24, 2.45) is 0 Å². The van der Waals surface area contributed by atoms with E-state index in [9.17, 15) is 10.1 Å². The van der Waals surface area contributed by atoms with Gasteiger partial charge < -0.3 is 0 Å². The van der Waals surface area contributed by atoms with Crippen LogP contribution >= 0.6 is 27.7 Å². The predicted octanol–water partition coefficient (Wildman–Crippen LogP) is 3.47. The van der Waals surface area contributed by atoms with E-state index in [4.69, 9.17) is 0 Å². The number of para-hydroxylation sites is 1. The Kier molecular flexibility index (Phi) is 4.97. The summed E-state index contributed by atoms with van der Waals surface area (Å²) >= 11 is 4.85. The number of hydrogen-bond acceptors (Lipinski definition) is 3. The van der Waals surface area contributed by atoms with Gasteiger partial charge in [-0.1, -0.05) is 28.1 Å². The summed E-state index contributed by atoms with van der Waals surface area (Å²) in [4.78, 5) is 11.0. The van der Waals surface area contributed by atoms with Gasteiger partial charge in [0, 0.05) is 11.4 Å². The Bertz CT molecular complexity index is 319. The highest BCUT2D eigenvalue weighted by atomic mass is 79.9. The largest absolute Gasteiger partial charge is 0.282 e. The van der Waals surface area contributed by atoms with Crippen molar-refractivity contribution in [2.75, 3.05) is 11.1 Å². The molecule has 0 saturated heterocycles. The second-order valence-electron chi connectivity index (χ2n) is 2.62. The number of alkyl halides is 1. The van der Waals surface area contributed by atoms with Crippen LogP contribution in [0.2, 0.25) is 0 Å². The first-order chi connectivity index (χ1) is 6.75. The zero-order chi connectivity index (χ0) is 10.4. The average Bonchev–Trinajstić information content (AvgIpc) is 2.19. The molecule has 0 bridgehead atoms. The summed E-state index contributed by atoms with van der Waals surface area (Å²) in [6, 6.07) is 6.84. The molecule has 1 rings (SSSR count). The third kappa shape index (κ3) is 3.31. The standard InChI is InChI=1S/C9H10BrNO2S/c10-6-3-7-14-9-5-2-1-4-8(9)11(12)13/h1-2,4-5H,3,6-7H2. The van der Waals surface area contributed by atoms with Crippen molar-refractivity contribution in [3.05, 3.63) is 34.4 Å². The molecule has 0 heterocycles. The van der Waals surface area contributed by atoms with Gasteiger partial charge in [0.1, 0.15) is 0 Å². The van der Waals surface area contributed by atoms with Gasteiger partial charge in [-0.2, -0.15) is 0 Å². The Morgan fingerprint density at radius 3 is 2.79 bits per heavy atom. The van der Waals surface area contributed by atoms with Crippen LogP contribution in [0.5, 0.6) is 0 Å². The van der Waals surface area contributed by atoms with Crippen LogP contribution in [0.25, 0.3) is 0 Å². The van der Waals surface area contributed by atoms with Crippen LogP contribution in [0.1, 0.15) is 6.42 Å². The summed E-state index contributed by atoms with van der Waals surface area (Å²) < 4.78 is 0. The van der Waals surface area contributed by atoms with Crippen molar-refractivity contribution in [1.82, 2.24) is 0 Å². The number of thioether (sulfide) groups is 1. The number of benzene rings is 1. The van der Waals surface area contributed by atoms with E-state index < -0.39 is 0 Å². The van der Waals surface area contributed by atoms with E-state index in [1.807, 2.05) is 6.07 Å². The van der Waals surface area contributed by atoms with Crippen molar-refractivity contribution in [1.29, 1.82) is 0 Å². The fourth-order valence-electron chi connectivity index (χ4n) is 0.967. The lowest BCUT2D eigenvalue weighted by Gasteiger charge is -2.00. The average molecular weight is 276 g/mol. The van der Waals surface area contributed by atoms with Crippen molar-refractivity contribution in [2.45, 2.75) is 11.3 Å². The van der Waals surface area contributed by atoms with Gasteiger partial charge in [-0.25, -0.2) is 0 Å². The fourth-order valence-corrected chi connectivity index (χ4v) is 2.59. The first kappa shape index (κ1) is 11.5. The highest BCUT2D eigenvalue weighted by Gasteiger charge is 2.11. The lowest BCUT2D eigenvalue weighted by atomic mass is 10.3. The van der Waals surface area contributed by atoms with E-state index in [0.29, 0.717) is 0 Å². The molecule has 5 heteroatoms. The minimum Gasteiger partial charge on any atom is -0.258 e. The molecule has 1 aromatic rings. The molecule has 0 radical (unpaired) electrons. The van der Waals surface area contributed by atoms with E-state index in [0.717, 1.165) is 22.4 Å². The smallest absolute Gasteiger partial charge is 0.258 e. The second-order valence-corrected chi connectivity index (χ2v) is 4.55. The van der Waals surface area contributed by atoms with Crippen LogP contribution in [0.3, 0.4) is 0 Å². The summed E-state index contributed by atoms with van der Waals surface area (Å²) in [6.07, 6.45) is 1.01. The SMILES string of the molecule is O=[N+]([O-])c1ccccc1SCCCBr. The van der Waals surface area contributed by atoms with Gasteiger partial charge in [-0.15, -0.1) is 11.8 Å². The van der Waals surface area contributed by atoms with Gasteiger partial charge in [0.05, 0.1) is 9.82 Å². The van der Waals surface area contributed by atoms with E-state index >= 15 is 0 Å². The Morgan fingerprint density at radius 1 is 1.43 bits per heavy atom. The summed E-state index contributed by atoms with van der Waals surface area (Å²) in [7, 11) is 0. The molecule has 0 amide bonds. The van der Waals surface area contributed by atoms with Crippen LogP contribution < -0.4 is 0 Å². The maximum absolute atomic E-state index is 10.6. The molecular formula is C9H10BrNO2S. The molecule has 0 aliphatic heterocycles. The summed E-state index contributed by atoms with van der Waals surface area (Å²) in [5.41, 5.74) is 0.201. The van der Waals surface area contributed by atoms with Crippen LogP contribution in [-0.2, 0) is 0 Å². The van der Waals surface area contributed by atoms with Gasteiger partial charge in [-0.05, 0) is 18.2 Å². The topological polar surface area (TPSA) is 43.1 Å². The number of halogens is 1. The van der Waals surface area contributed by atoms with Gasteiger partial charge in [0.25, 0.3) is 5.69 Å². The second kappa shape index (κ2) is 6.03. The molecule has 0 saturated carbocycles. The lowest BCUT2D eigenvalue weighted by Crippen LogP contribution is -1.91. The normalized spacial score (nSPS) is 10.1. The van der Waals surface area contributed by atoms with Gasteiger partial charge in [0.15, 0.2) is 0 Å². The molecule has 0 fully saturated rings. The molecule has 0 aliphatic rings. The van der Waals surface area contributed by atoms with Crippen molar-refractivity contribution >= 4 is 33.4 Å². The Morgan fingerprint density at radius 2 is 2.14 bits per heavy atom. The number of hydrogen-bond donors (Lipinski definition) is 0.